The standard InChI is InChI=1S/C23H28BrN3O2/c24-18-3-4-21-19(13-18)22(20(14-25-21)23(28)17-1-2-17)27-7-5-16(6-8-27)15-26-9-11-29-12-10-26/h3-4,13-14,16-17H,1-2,5-12,15H2. The van der Waals surface area contributed by atoms with Gasteiger partial charge in [-0.1, -0.05) is 15.9 Å². The fourth-order valence-corrected chi connectivity index (χ4v) is 5.09. The highest BCUT2D eigenvalue weighted by atomic mass is 79.9. The van der Waals surface area contributed by atoms with Crippen LogP contribution in [0.4, 0.5) is 5.69 Å². The molecule has 154 valence electrons. The second-order valence-electron chi connectivity index (χ2n) is 8.66. The van der Waals surface area contributed by atoms with Crippen molar-refractivity contribution in [2.24, 2.45) is 11.8 Å². The molecule has 3 aliphatic rings. The Kier molecular flexibility index (Phi) is 5.59. The minimum atomic E-state index is 0.207. The summed E-state index contributed by atoms with van der Waals surface area (Å²) in [7, 11) is 0. The first-order chi connectivity index (χ1) is 14.2. The van der Waals surface area contributed by atoms with Crippen molar-refractivity contribution in [1.82, 2.24) is 9.88 Å². The van der Waals surface area contributed by atoms with Crippen molar-refractivity contribution >= 4 is 38.3 Å². The number of Topliss-reactive ketones (excluding diaryl/α,β-unsaturated/α-hetero) is 1. The van der Waals surface area contributed by atoms with E-state index in [9.17, 15) is 4.79 Å². The second kappa shape index (κ2) is 8.32. The zero-order chi connectivity index (χ0) is 19.8. The highest BCUT2D eigenvalue weighted by Crippen LogP contribution is 2.39. The first-order valence-corrected chi connectivity index (χ1v) is 11.7. The largest absolute Gasteiger partial charge is 0.379 e. The summed E-state index contributed by atoms with van der Waals surface area (Å²) in [4.78, 5) is 22.6. The molecule has 1 aliphatic carbocycles. The highest BCUT2D eigenvalue weighted by Gasteiger charge is 2.34. The third-order valence-electron chi connectivity index (χ3n) is 6.57. The number of piperidine rings is 1. The molecule has 5 rings (SSSR count). The van der Waals surface area contributed by atoms with E-state index in [0.29, 0.717) is 0 Å². The fraction of sp³-hybridized carbons (Fsp3) is 0.565. The molecule has 2 aromatic rings. The molecule has 2 aliphatic heterocycles. The summed E-state index contributed by atoms with van der Waals surface area (Å²) in [5.41, 5.74) is 2.90. The first kappa shape index (κ1) is 19.5. The number of rotatable bonds is 5. The van der Waals surface area contributed by atoms with E-state index in [1.807, 2.05) is 18.3 Å². The van der Waals surface area contributed by atoms with Gasteiger partial charge in [-0.25, -0.2) is 0 Å². The van der Waals surface area contributed by atoms with E-state index in [4.69, 9.17) is 4.74 Å². The van der Waals surface area contributed by atoms with Crippen molar-refractivity contribution in [2.75, 3.05) is 50.8 Å². The molecule has 1 aromatic carbocycles. The number of halogens is 1. The monoisotopic (exact) mass is 457 g/mol. The summed E-state index contributed by atoms with van der Waals surface area (Å²) < 4.78 is 6.52. The molecule has 29 heavy (non-hydrogen) atoms. The SMILES string of the molecule is O=C(c1cnc2ccc(Br)cc2c1N1CCC(CN2CCOCC2)CC1)C1CC1. The van der Waals surface area contributed by atoms with Gasteiger partial charge in [0, 0.05) is 54.7 Å². The van der Waals surface area contributed by atoms with Crippen molar-refractivity contribution in [3.8, 4) is 0 Å². The van der Waals surface area contributed by atoms with E-state index in [1.54, 1.807) is 0 Å². The predicted molar refractivity (Wildman–Crippen MR) is 119 cm³/mol. The molecule has 1 saturated carbocycles. The molecular formula is C23H28BrN3O2. The molecule has 1 aromatic heterocycles. The van der Waals surface area contributed by atoms with E-state index in [2.05, 4.69) is 36.8 Å². The third kappa shape index (κ3) is 4.21. The van der Waals surface area contributed by atoms with Gasteiger partial charge < -0.3 is 9.64 Å². The number of pyridine rings is 1. The Hall–Kier alpha value is -1.50. The van der Waals surface area contributed by atoms with Crippen molar-refractivity contribution in [3.05, 3.63) is 34.4 Å². The van der Waals surface area contributed by atoms with Crippen LogP contribution in [0.5, 0.6) is 0 Å². The Balaban J connectivity index is 1.39. The van der Waals surface area contributed by atoms with Gasteiger partial charge in [-0.05, 0) is 49.8 Å². The van der Waals surface area contributed by atoms with Crippen molar-refractivity contribution in [2.45, 2.75) is 25.7 Å². The first-order valence-electron chi connectivity index (χ1n) is 10.9. The van der Waals surface area contributed by atoms with Gasteiger partial charge in [-0.2, -0.15) is 0 Å². The van der Waals surface area contributed by atoms with Crippen molar-refractivity contribution < 1.29 is 9.53 Å². The van der Waals surface area contributed by atoms with Gasteiger partial charge in [0.15, 0.2) is 5.78 Å². The van der Waals surface area contributed by atoms with Gasteiger partial charge in [0.05, 0.1) is 30.0 Å². The number of hydrogen-bond donors (Lipinski definition) is 0. The maximum Gasteiger partial charge on any atom is 0.169 e. The van der Waals surface area contributed by atoms with Gasteiger partial charge in [0.25, 0.3) is 0 Å². The zero-order valence-corrected chi connectivity index (χ0v) is 18.4. The average Bonchev–Trinajstić information content (AvgIpc) is 3.59. The molecule has 0 radical (unpaired) electrons. The second-order valence-corrected chi connectivity index (χ2v) is 9.58. The van der Waals surface area contributed by atoms with E-state index in [-0.39, 0.29) is 11.7 Å². The van der Waals surface area contributed by atoms with Gasteiger partial charge in [-0.3, -0.25) is 14.7 Å². The molecule has 0 unspecified atom stereocenters. The predicted octanol–water partition coefficient (Wildman–Crippen LogP) is 4.14. The summed E-state index contributed by atoms with van der Waals surface area (Å²) in [6, 6.07) is 6.19. The summed E-state index contributed by atoms with van der Waals surface area (Å²) in [6.07, 6.45) is 6.22. The molecule has 3 fully saturated rings. The van der Waals surface area contributed by atoms with Gasteiger partial charge >= 0.3 is 0 Å². The molecule has 0 N–H and O–H groups in total. The maximum absolute atomic E-state index is 13.0. The average molecular weight is 458 g/mol. The number of ether oxygens (including phenoxy) is 1. The number of carbonyl (C=O) groups excluding carboxylic acids is 1. The Bertz CT molecular complexity index is 900. The highest BCUT2D eigenvalue weighted by molar-refractivity contribution is 9.10. The van der Waals surface area contributed by atoms with Crippen LogP contribution in [0.2, 0.25) is 0 Å². The molecule has 3 heterocycles. The van der Waals surface area contributed by atoms with E-state index in [1.165, 1.54) is 19.4 Å². The number of anilines is 1. The molecule has 6 heteroatoms. The number of aromatic nitrogens is 1. The molecule has 5 nitrogen and oxygen atoms in total. The number of hydrogen-bond acceptors (Lipinski definition) is 5. The normalized spacial score (nSPS) is 21.6. The van der Waals surface area contributed by atoms with Gasteiger partial charge in [0.1, 0.15) is 0 Å². The van der Waals surface area contributed by atoms with Crippen molar-refractivity contribution in [1.29, 1.82) is 0 Å². The molecular weight excluding hydrogens is 430 g/mol. The molecule has 0 atom stereocenters. The van der Waals surface area contributed by atoms with Crippen LogP contribution in [-0.4, -0.2) is 61.6 Å². The van der Waals surface area contributed by atoms with Crippen LogP contribution in [0.1, 0.15) is 36.0 Å². The lowest BCUT2D eigenvalue weighted by Crippen LogP contribution is -2.43. The van der Waals surface area contributed by atoms with Crippen LogP contribution in [-0.2, 0) is 4.74 Å². The van der Waals surface area contributed by atoms with Gasteiger partial charge in [0.2, 0.25) is 0 Å². The molecule has 0 spiro atoms. The maximum atomic E-state index is 13.0. The number of morpholine rings is 1. The summed E-state index contributed by atoms with van der Waals surface area (Å²) >= 11 is 3.61. The summed E-state index contributed by atoms with van der Waals surface area (Å²) in [6.45, 7) is 7.03. The minimum absolute atomic E-state index is 0.207. The Morgan fingerprint density at radius 1 is 1.10 bits per heavy atom. The van der Waals surface area contributed by atoms with E-state index < -0.39 is 0 Å². The third-order valence-corrected chi connectivity index (χ3v) is 7.06. The Labute approximate surface area is 180 Å². The molecule has 0 amide bonds. The van der Waals surface area contributed by atoms with Crippen LogP contribution in [0.25, 0.3) is 10.9 Å². The lowest BCUT2D eigenvalue weighted by Gasteiger charge is -2.38. The lowest BCUT2D eigenvalue weighted by molar-refractivity contribution is 0.0289. The Morgan fingerprint density at radius 3 is 2.59 bits per heavy atom. The van der Waals surface area contributed by atoms with Crippen LogP contribution < -0.4 is 4.90 Å². The van der Waals surface area contributed by atoms with Crippen LogP contribution in [0.3, 0.4) is 0 Å². The molecule has 2 saturated heterocycles. The zero-order valence-electron chi connectivity index (χ0n) is 16.8. The summed E-state index contributed by atoms with van der Waals surface area (Å²) in [5, 5.41) is 1.09. The number of benzene rings is 1. The van der Waals surface area contributed by atoms with Crippen molar-refractivity contribution in [3.63, 3.8) is 0 Å². The van der Waals surface area contributed by atoms with Crippen LogP contribution in [0, 0.1) is 11.8 Å². The van der Waals surface area contributed by atoms with Gasteiger partial charge in [-0.15, -0.1) is 0 Å². The smallest absolute Gasteiger partial charge is 0.169 e. The minimum Gasteiger partial charge on any atom is -0.379 e. The summed E-state index contributed by atoms with van der Waals surface area (Å²) in [5.74, 6) is 1.22. The number of fused-ring (bicyclic) bond motifs is 1. The number of carbonyl (C=O) groups is 1. The quantitative estimate of drug-likeness (QED) is 0.631. The Morgan fingerprint density at radius 2 is 1.86 bits per heavy atom. The lowest BCUT2D eigenvalue weighted by atomic mass is 9.94. The van der Waals surface area contributed by atoms with E-state index >= 15 is 0 Å². The van der Waals surface area contributed by atoms with E-state index in [0.717, 1.165) is 84.8 Å². The fourth-order valence-electron chi connectivity index (χ4n) is 4.73. The van der Waals surface area contributed by atoms with Crippen LogP contribution >= 0.6 is 15.9 Å². The number of ketones is 1. The van der Waals surface area contributed by atoms with Crippen LogP contribution in [0.15, 0.2) is 28.9 Å². The molecule has 0 bridgehead atoms. The number of nitrogens with zero attached hydrogens (tertiary/aromatic N) is 3. The topological polar surface area (TPSA) is 45.7 Å².